The number of aryl methyl sites for hydroxylation is 2. The van der Waals surface area contributed by atoms with Crippen LogP contribution in [-0.2, 0) is 0 Å². The second kappa shape index (κ2) is 75.7. The lowest BCUT2D eigenvalue weighted by Crippen LogP contribution is -1.78. The van der Waals surface area contributed by atoms with Gasteiger partial charge in [-0.3, -0.25) is 43.2 Å². The lowest BCUT2D eigenvalue weighted by Gasteiger charge is -1.91. The summed E-state index contributed by atoms with van der Waals surface area (Å²) in [7, 11) is 0. The van der Waals surface area contributed by atoms with Gasteiger partial charge in [0.25, 0.3) is 0 Å². The molecule has 0 spiro atoms. The summed E-state index contributed by atoms with van der Waals surface area (Å²) in [5.74, 6) is 1.81. The lowest BCUT2D eigenvalue weighted by atomic mass is 10.1. The number of rotatable bonds is 10. The molecule has 0 N–H and O–H groups in total. The van der Waals surface area contributed by atoms with Gasteiger partial charge in [0.15, 0.2) is 0 Å². The van der Waals surface area contributed by atoms with Gasteiger partial charge in [-0.05, 0) is 68.6 Å². The molecule has 0 fully saturated rings. The number of hydrogen-bond donors (Lipinski definition) is 0. The van der Waals surface area contributed by atoms with Gasteiger partial charge in [-0.1, -0.05) is 319 Å². The number of carbonyl (C=O) groups is 9. The van der Waals surface area contributed by atoms with Crippen LogP contribution in [0.1, 0.15) is 152 Å². The lowest BCUT2D eigenvalue weighted by molar-refractivity contribution is 0.111. The van der Waals surface area contributed by atoms with Crippen molar-refractivity contribution in [1.82, 2.24) is 0 Å². The Balaban J connectivity index is -0.000000172. The number of benzene rings is 9. The summed E-state index contributed by atoms with van der Waals surface area (Å²) in [5, 5.41) is 0. The first-order valence-electron chi connectivity index (χ1n) is 27.9. The van der Waals surface area contributed by atoms with E-state index >= 15 is 0 Å². The van der Waals surface area contributed by atoms with Gasteiger partial charge >= 0.3 is 0 Å². The summed E-state index contributed by atoms with van der Waals surface area (Å²) in [6, 6.07) is 73.1. The van der Waals surface area contributed by atoms with Crippen LogP contribution in [0.15, 0.2) is 297 Å². The van der Waals surface area contributed by atoms with Crippen LogP contribution in [-0.4, -0.2) is 62.4 Å². The minimum atomic E-state index is 0. The fourth-order valence-electron chi connectivity index (χ4n) is 5.40. The van der Waals surface area contributed by atoms with E-state index in [1.54, 1.807) is 103 Å². The zero-order valence-corrected chi connectivity index (χ0v) is 58.3. The van der Waals surface area contributed by atoms with Crippen LogP contribution >= 0.6 is 47.8 Å². The van der Waals surface area contributed by atoms with Gasteiger partial charge in [-0.2, -0.15) is 0 Å². The highest BCUT2D eigenvalue weighted by atomic mass is 79.9. The minimum Gasteiger partial charge on any atom is -0.298 e. The van der Waals surface area contributed by atoms with Gasteiger partial charge in [-0.15, -0.1) is 32.9 Å². The standard InChI is InChI=1S/C9H8O.2C8H8O.2C7H5BrO.4C7H6O.C3H6.2C2H6.2C2H4.CH3Br.CH4/c1-2-8-4-3-5-9(6-8)7-10;1-7-2-4-8(6-9)5-3-7;1-7-3-2-4-8(5-7)6-9;8-7-3-1-6(5-9)2-4-7;8-7-3-1-2-6(4-7)5-9;4*8-6-7-4-2-1-3-5-7;1-3-2;5*1-2;/h2-7H,1H2;2*2-6H,1H3;2*1-5H;4*1-6H;3H,1H2,2H3;2*1-2H3;2*1-2H2;1H3;1H4. The smallest absolute Gasteiger partial charge is 0.150 e. The van der Waals surface area contributed by atoms with Crippen molar-refractivity contribution in [3.05, 3.63) is 364 Å². The Kier molecular flexibility index (Phi) is 79.0. The SMILES string of the molecule is C.C=C.C=C.C=CC.C=Cc1cccc(C=O)c1.CBr.CC.CC.Cc1ccc(C=O)cc1.Cc1cccc(C=O)c1.O=Cc1ccc(Br)cc1.O=Cc1cccc(Br)c1.O=Cc1ccccc1.O=Cc1ccccc1.O=Cc1ccccc1.O=Cc1ccccc1. The van der Waals surface area contributed by atoms with Crippen LogP contribution < -0.4 is 0 Å². The largest absolute Gasteiger partial charge is 0.298 e. The number of aldehydes is 9. The Hall–Kier alpha value is -9.59. The third kappa shape index (κ3) is 59.4. The maximum atomic E-state index is 10.2. The monoisotopic (exact) mass is 1430 g/mol. The minimum absolute atomic E-state index is 0. The van der Waals surface area contributed by atoms with Crippen molar-refractivity contribution < 1.29 is 43.2 Å². The van der Waals surface area contributed by atoms with Crippen molar-refractivity contribution in [3.8, 4) is 0 Å². The van der Waals surface area contributed by atoms with Gasteiger partial charge in [-0.25, -0.2) is 0 Å². The van der Waals surface area contributed by atoms with Gasteiger partial charge < -0.3 is 0 Å². The number of carbonyl (C=O) groups excluding carboxylic acids is 9. The first kappa shape index (κ1) is 96.0. The molecule has 9 aromatic rings. The van der Waals surface area contributed by atoms with Crippen LogP contribution in [0.2, 0.25) is 0 Å². The molecule has 0 aromatic heterocycles. The molecule has 0 amide bonds. The van der Waals surface area contributed by atoms with Crippen LogP contribution in [0.25, 0.3) is 6.08 Å². The molecule has 92 heavy (non-hydrogen) atoms. The quantitative estimate of drug-likeness (QED) is 0.0739. The predicted molar refractivity (Wildman–Crippen MR) is 404 cm³/mol. The second-order valence-corrected chi connectivity index (χ2v) is 17.7. The van der Waals surface area contributed by atoms with Crippen LogP contribution in [0, 0.1) is 13.8 Å². The Morgan fingerprint density at radius 1 is 0.272 bits per heavy atom. The molecule has 0 aliphatic heterocycles. The number of halogens is 3. The molecular formula is C80H91Br3O9. The molecule has 9 rings (SSSR count). The van der Waals surface area contributed by atoms with E-state index < -0.39 is 0 Å². The van der Waals surface area contributed by atoms with E-state index in [1.807, 2.05) is 206 Å². The third-order valence-electron chi connectivity index (χ3n) is 9.41. The maximum absolute atomic E-state index is 10.2. The molecule has 0 heterocycles. The molecule has 486 valence electrons. The number of hydrogen-bond acceptors (Lipinski definition) is 9. The van der Waals surface area contributed by atoms with E-state index in [0.717, 1.165) is 110 Å². The van der Waals surface area contributed by atoms with Crippen LogP contribution in [0.3, 0.4) is 0 Å². The molecule has 9 aromatic carbocycles. The maximum Gasteiger partial charge on any atom is 0.150 e. The predicted octanol–water partition coefficient (Wildman–Crippen LogP) is 22.8. The summed E-state index contributed by atoms with van der Waals surface area (Å²) in [6.07, 6.45) is 11.0. The summed E-state index contributed by atoms with van der Waals surface area (Å²) in [4.78, 5) is 90.8. The van der Waals surface area contributed by atoms with Crippen molar-refractivity contribution in [2.24, 2.45) is 0 Å². The first-order valence-corrected chi connectivity index (χ1v) is 31.1. The average Bonchev–Trinajstić information content (AvgIpc) is 3.85. The fourth-order valence-corrected chi connectivity index (χ4v) is 6.08. The van der Waals surface area contributed by atoms with E-state index in [4.69, 9.17) is 0 Å². The van der Waals surface area contributed by atoms with Gasteiger partial charge in [0.1, 0.15) is 56.6 Å². The number of alkyl halides is 1. The highest BCUT2D eigenvalue weighted by molar-refractivity contribution is 9.10. The Morgan fingerprint density at radius 3 is 0.739 bits per heavy atom. The van der Waals surface area contributed by atoms with Gasteiger partial charge in [0, 0.05) is 59.0 Å². The summed E-state index contributed by atoms with van der Waals surface area (Å²) < 4.78 is 1.93. The van der Waals surface area contributed by atoms with Gasteiger partial charge in [0.05, 0.1) is 0 Å². The van der Waals surface area contributed by atoms with E-state index in [1.165, 1.54) is 5.56 Å². The summed E-state index contributed by atoms with van der Waals surface area (Å²) >= 11 is 9.44. The van der Waals surface area contributed by atoms with E-state index in [9.17, 15) is 43.2 Å². The highest BCUT2D eigenvalue weighted by Gasteiger charge is 1.91. The van der Waals surface area contributed by atoms with Crippen molar-refractivity contribution in [2.45, 2.75) is 55.9 Å². The molecule has 0 saturated heterocycles. The third-order valence-corrected chi connectivity index (χ3v) is 10.4. The molecule has 0 bridgehead atoms. The van der Waals surface area contributed by atoms with Crippen LogP contribution in [0.4, 0.5) is 0 Å². The molecule has 0 radical (unpaired) electrons. The topological polar surface area (TPSA) is 154 Å². The molecule has 9 nitrogen and oxygen atoms in total. The van der Waals surface area contributed by atoms with Crippen molar-refractivity contribution in [2.75, 3.05) is 5.83 Å². The van der Waals surface area contributed by atoms with E-state index in [-0.39, 0.29) is 7.43 Å². The second-order valence-electron chi connectivity index (χ2n) is 15.9. The molecular weight excluding hydrogens is 1340 g/mol. The Morgan fingerprint density at radius 2 is 0.500 bits per heavy atom. The summed E-state index contributed by atoms with van der Waals surface area (Å²) in [6.45, 7) is 32.8. The molecule has 0 saturated carbocycles. The normalized spacial score (nSPS) is 7.86. The zero-order valence-electron chi connectivity index (χ0n) is 53.5. The molecule has 0 aliphatic carbocycles. The Labute approximate surface area is 575 Å². The zero-order chi connectivity index (χ0) is 70.1. The highest BCUT2D eigenvalue weighted by Crippen LogP contribution is 2.10. The van der Waals surface area contributed by atoms with Gasteiger partial charge in [0.2, 0.25) is 0 Å². The fraction of sp³-hybridized carbons (Fsp3) is 0.113. The molecule has 12 heteroatoms. The molecule has 0 atom stereocenters. The van der Waals surface area contributed by atoms with Crippen LogP contribution in [0.5, 0.6) is 0 Å². The average molecular weight is 1440 g/mol. The van der Waals surface area contributed by atoms with Crippen molar-refractivity contribution in [1.29, 1.82) is 0 Å². The Bertz CT molecular complexity index is 2910. The van der Waals surface area contributed by atoms with Crippen molar-refractivity contribution in [3.63, 3.8) is 0 Å². The molecule has 0 unspecified atom stereocenters. The van der Waals surface area contributed by atoms with E-state index in [0.29, 0.717) is 16.7 Å². The molecule has 0 aliphatic rings. The van der Waals surface area contributed by atoms with E-state index in [2.05, 4.69) is 87.3 Å². The summed E-state index contributed by atoms with van der Waals surface area (Å²) in [5.41, 5.74) is 9.78. The first-order chi connectivity index (χ1) is 44.3. The van der Waals surface area contributed by atoms with Crippen molar-refractivity contribution >= 4 is 110 Å². The number of allylic oxidation sites excluding steroid dienone is 1.